The van der Waals surface area contributed by atoms with Crippen molar-refractivity contribution >= 4 is 0 Å². The highest BCUT2D eigenvalue weighted by Gasteiger charge is 2.06. The lowest BCUT2D eigenvalue weighted by Gasteiger charge is -2.00. The monoisotopic (exact) mass is 135 g/mol. The molecule has 0 saturated carbocycles. The number of nitrogens with zero attached hydrogens (tertiary/aromatic N) is 3. The van der Waals surface area contributed by atoms with Crippen molar-refractivity contribution in [1.29, 1.82) is 5.26 Å². The molecule has 0 aromatic carbocycles. The van der Waals surface area contributed by atoms with Gasteiger partial charge in [-0.2, -0.15) is 10.4 Å². The lowest BCUT2D eigenvalue weighted by Crippen LogP contribution is -2.00. The SMILES string of the molecule is CC(C#N)c1ccnn1C. The van der Waals surface area contributed by atoms with Crippen LogP contribution in [0.25, 0.3) is 0 Å². The van der Waals surface area contributed by atoms with Gasteiger partial charge in [0.05, 0.1) is 17.7 Å². The van der Waals surface area contributed by atoms with Gasteiger partial charge in [-0.25, -0.2) is 0 Å². The molecule has 0 N–H and O–H groups in total. The van der Waals surface area contributed by atoms with Crippen LogP contribution in [0.5, 0.6) is 0 Å². The van der Waals surface area contributed by atoms with Crippen molar-refractivity contribution in [3.8, 4) is 6.07 Å². The highest BCUT2D eigenvalue weighted by Crippen LogP contribution is 2.10. The maximum absolute atomic E-state index is 8.54. The van der Waals surface area contributed by atoms with Crippen molar-refractivity contribution in [1.82, 2.24) is 9.78 Å². The van der Waals surface area contributed by atoms with E-state index in [1.165, 1.54) is 0 Å². The molecule has 0 aliphatic carbocycles. The van der Waals surface area contributed by atoms with Crippen LogP contribution in [0.15, 0.2) is 12.3 Å². The van der Waals surface area contributed by atoms with Gasteiger partial charge in [0.15, 0.2) is 0 Å². The Morgan fingerprint density at radius 3 is 2.90 bits per heavy atom. The third-order valence-corrected chi connectivity index (χ3v) is 1.50. The Bertz CT molecular complexity index is 256. The normalized spacial score (nSPS) is 12.5. The van der Waals surface area contributed by atoms with Gasteiger partial charge in [0.2, 0.25) is 0 Å². The molecule has 0 aliphatic rings. The highest BCUT2D eigenvalue weighted by atomic mass is 15.3. The average Bonchev–Trinajstić information content (AvgIpc) is 2.34. The Labute approximate surface area is 59.9 Å². The van der Waals surface area contributed by atoms with Crippen molar-refractivity contribution in [2.45, 2.75) is 12.8 Å². The first-order valence-electron chi connectivity index (χ1n) is 3.13. The van der Waals surface area contributed by atoms with Crippen molar-refractivity contribution in [3.05, 3.63) is 18.0 Å². The minimum atomic E-state index is -0.0625. The first-order valence-corrected chi connectivity index (χ1v) is 3.13. The Kier molecular flexibility index (Phi) is 1.72. The number of nitriles is 1. The summed E-state index contributed by atoms with van der Waals surface area (Å²) >= 11 is 0. The van der Waals surface area contributed by atoms with Crippen LogP contribution in [0, 0.1) is 11.3 Å². The molecule has 1 rings (SSSR count). The summed E-state index contributed by atoms with van der Waals surface area (Å²) in [6, 6.07) is 4.00. The van der Waals surface area contributed by atoms with Gasteiger partial charge < -0.3 is 0 Å². The van der Waals surface area contributed by atoms with Crippen LogP contribution >= 0.6 is 0 Å². The fourth-order valence-corrected chi connectivity index (χ4v) is 0.875. The van der Waals surface area contributed by atoms with E-state index in [9.17, 15) is 0 Å². The second-order valence-electron chi connectivity index (χ2n) is 2.23. The van der Waals surface area contributed by atoms with E-state index in [1.54, 1.807) is 10.9 Å². The molecule has 0 bridgehead atoms. The van der Waals surface area contributed by atoms with Gasteiger partial charge >= 0.3 is 0 Å². The van der Waals surface area contributed by atoms with Crippen LogP contribution in [0.4, 0.5) is 0 Å². The van der Waals surface area contributed by atoms with Gasteiger partial charge in [-0.3, -0.25) is 4.68 Å². The molecular weight excluding hydrogens is 126 g/mol. The van der Waals surface area contributed by atoms with Gasteiger partial charge in [0.25, 0.3) is 0 Å². The molecular formula is C7H9N3. The quantitative estimate of drug-likeness (QED) is 0.577. The lowest BCUT2D eigenvalue weighted by atomic mass is 10.1. The van der Waals surface area contributed by atoms with E-state index in [-0.39, 0.29) is 5.92 Å². The third-order valence-electron chi connectivity index (χ3n) is 1.50. The molecule has 0 amide bonds. The van der Waals surface area contributed by atoms with Crippen LogP contribution in [0.2, 0.25) is 0 Å². The summed E-state index contributed by atoms with van der Waals surface area (Å²) in [5.41, 5.74) is 0.961. The average molecular weight is 135 g/mol. The second-order valence-corrected chi connectivity index (χ2v) is 2.23. The summed E-state index contributed by atoms with van der Waals surface area (Å²) < 4.78 is 1.72. The van der Waals surface area contributed by atoms with Crippen LogP contribution < -0.4 is 0 Å². The van der Waals surface area contributed by atoms with Crippen LogP contribution in [-0.2, 0) is 7.05 Å². The summed E-state index contributed by atoms with van der Waals surface area (Å²) in [4.78, 5) is 0. The summed E-state index contributed by atoms with van der Waals surface area (Å²) in [6.07, 6.45) is 1.70. The van der Waals surface area contributed by atoms with Gasteiger partial charge in [-0.05, 0) is 13.0 Å². The molecule has 0 fully saturated rings. The minimum Gasteiger partial charge on any atom is -0.271 e. The molecule has 1 atom stereocenters. The molecule has 1 unspecified atom stereocenters. The van der Waals surface area contributed by atoms with Gasteiger partial charge in [-0.15, -0.1) is 0 Å². The number of hydrogen-bond donors (Lipinski definition) is 0. The molecule has 0 saturated heterocycles. The van der Waals surface area contributed by atoms with Crippen molar-refractivity contribution < 1.29 is 0 Å². The first kappa shape index (κ1) is 6.81. The molecule has 1 aromatic heterocycles. The van der Waals surface area contributed by atoms with E-state index in [0.717, 1.165) is 5.69 Å². The topological polar surface area (TPSA) is 41.6 Å². The lowest BCUT2D eigenvalue weighted by molar-refractivity contribution is 0.697. The highest BCUT2D eigenvalue weighted by molar-refractivity contribution is 5.13. The number of aromatic nitrogens is 2. The molecule has 1 heterocycles. The van der Waals surface area contributed by atoms with E-state index >= 15 is 0 Å². The van der Waals surface area contributed by atoms with Gasteiger partial charge in [-0.1, -0.05) is 0 Å². The van der Waals surface area contributed by atoms with Gasteiger partial charge in [0.1, 0.15) is 0 Å². The summed E-state index contributed by atoms with van der Waals surface area (Å²) in [5, 5.41) is 12.5. The Morgan fingerprint density at radius 1 is 1.80 bits per heavy atom. The molecule has 0 spiro atoms. The third kappa shape index (κ3) is 1.01. The number of rotatable bonds is 1. The maximum atomic E-state index is 8.54. The number of hydrogen-bond acceptors (Lipinski definition) is 2. The van der Waals surface area contributed by atoms with E-state index in [0.29, 0.717) is 0 Å². The van der Waals surface area contributed by atoms with Crippen molar-refractivity contribution in [3.63, 3.8) is 0 Å². The zero-order chi connectivity index (χ0) is 7.56. The molecule has 1 aromatic rings. The maximum Gasteiger partial charge on any atom is 0.0853 e. The Hall–Kier alpha value is -1.30. The van der Waals surface area contributed by atoms with E-state index in [2.05, 4.69) is 11.2 Å². The predicted molar refractivity (Wildman–Crippen MR) is 37.2 cm³/mol. The molecule has 0 aliphatic heterocycles. The molecule has 0 radical (unpaired) electrons. The van der Waals surface area contributed by atoms with E-state index < -0.39 is 0 Å². The van der Waals surface area contributed by atoms with Crippen molar-refractivity contribution in [2.24, 2.45) is 7.05 Å². The van der Waals surface area contributed by atoms with E-state index in [4.69, 9.17) is 5.26 Å². The largest absolute Gasteiger partial charge is 0.271 e. The summed E-state index contributed by atoms with van der Waals surface area (Å²) in [5.74, 6) is -0.0625. The minimum absolute atomic E-state index is 0.0625. The summed E-state index contributed by atoms with van der Waals surface area (Å²) in [6.45, 7) is 1.86. The van der Waals surface area contributed by atoms with Crippen LogP contribution in [-0.4, -0.2) is 9.78 Å². The molecule has 3 heteroatoms. The standard InChI is InChI=1S/C7H9N3/c1-6(5-8)7-3-4-9-10(7)2/h3-4,6H,1-2H3. The fourth-order valence-electron chi connectivity index (χ4n) is 0.875. The molecule has 3 nitrogen and oxygen atoms in total. The first-order chi connectivity index (χ1) is 4.75. The van der Waals surface area contributed by atoms with Crippen LogP contribution in [0.3, 0.4) is 0 Å². The summed E-state index contributed by atoms with van der Waals surface area (Å²) in [7, 11) is 1.84. The predicted octanol–water partition coefficient (Wildman–Crippen LogP) is 1.05. The fraction of sp³-hybridized carbons (Fsp3) is 0.429. The van der Waals surface area contributed by atoms with Crippen LogP contribution in [0.1, 0.15) is 18.5 Å². The molecule has 52 valence electrons. The second kappa shape index (κ2) is 2.53. The van der Waals surface area contributed by atoms with E-state index in [1.807, 2.05) is 20.0 Å². The van der Waals surface area contributed by atoms with Gasteiger partial charge in [0, 0.05) is 13.2 Å². The Morgan fingerprint density at radius 2 is 2.50 bits per heavy atom. The number of aryl methyl sites for hydroxylation is 1. The Balaban J connectivity index is 2.96. The van der Waals surface area contributed by atoms with Crippen molar-refractivity contribution in [2.75, 3.05) is 0 Å². The smallest absolute Gasteiger partial charge is 0.0853 e. The zero-order valence-corrected chi connectivity index (χ0v) is 6.07. The zero-order valence-electron chi connectivity index (χ0n) is 6.07. The molecule has 10 heavy (non-hydrogen) atoms.